The van der Waals surface area contributed by atoms with Gasteiger partial charge in [0.05, 0.1) is 12.3 Å². The van der Waals surface area contributed by atoms with Crippen LogP contribution in [0.4, 0.5) is 0 Å². The summed E-state index contributed by atoms with van der Waals surface area (Å²) in [6.45, 7) is 5.34. The van der Waals surface area contributed by atoms with E-state index in [1.165, 1.54) is 5.56 Å². The molecule has 1 unspecified atom stereocenters. The highest BCUT2D eigenvalue weighted by atomic mass is 35.5. The second-order valence-corrected chi connectivity index (χ2v) is 10.0. The minimum atomic E-state index is 0.125. The molecule has 1 N–H and O–H groups in total. The van der Waals surface area contributed by atoms with Gasteiger partial charge in [0.25, 0.3) is 0 Å². The molecule has 0 amide bonds. The molecular weight excluding hydrogens is 473 g/mol. The van der Waals surface area contributed by atoms with Crippen molar-refractivity contribution in [3.05, 3.63) is 106 Å². The van der Waals surface area contributed by atoms with E-state index in [2.05, 4.69) is 48.1 Å². The van der Waals surface area contributed by atoms with Gasteiger partial charge in [-0.3, -0.25) is 4.98 Å². The molecule has 0 saturated carbocycles. The van der Waals surface area contributed by atoms with Gasteiger partial charge in [-0.2, -0.15) is 0 Å². The average Bonchev–Trinajstić information content (AvgIpc) is 3.16. The fourth-order valence-corrected chi connectivity index (χ4v) is 5.47. The van der Waals surface area contributed by atoms with E-state index in [0.717, 1.165) is 27.0 Å². The maximum Gasteiger partial charge on any atom is 0.133 e. The largest absolute Gasteiger partial charge is 0.369 e. The molecular formula is C26H25Cl2N3OS. The Labute approximate surface area is 208 Å². The first-order valence-electron chi connectivity index (χ1n) is 10.7. The molecule has 0 fully saturated rings. The summed E-state index contributed by atoms with van der Waals surface area (Å²) in [6.07, 6.45) is 3.66. The third kappa shape index (κ3) is 6.39. The monoisotopic (exact) mass is 497 g/mol. The number of aromatic nitrogens is 3. The summed E-state index contributed by atoms with van der Waals surface area (Å²) in [6, 6.07) is 19.8. The molecule has 0 radical (unpaired) electrons. The van der Waals surface area contributed by atoms with E-state index in [4.69, 9.17) is 32.9 Å². The third-order valence-corrected chi connectivity index (χ3v) is 6.60. The van der Waals surface area contributed by atoms with Crippen LogP contribution in [-0.2, 0) is 18.0 Å². The molecule has 0 saturated heterocycles. The van der Waals surface area contributed by atoms with Crippen LogP contribution in [0.2, 0.25) is 10.0 Å². The zero-order chi connectivity index (χ0) is 23.2. The van der Waals surface area contributed by atoms with Gasteiger partial charge in [-0.05, 0) is 47.4 Å². The van der Waals surface area contributed by atoms with Crippen LogP contribution >= 0.6 is 35.0 Å². The summed E-state index contributed by atoms with van der Waals surface area (Å²) >= 11 is 14.0. The lowest BCUT2D eigenvalue weighted by atomic mass is 9.86. The van der Waals surface area contributed by atoms with Crippen LogP contribution in [0.3, 0.4) is 0 Å². The van der Waals surface area contributed by atoms with Gasteiger partial charge in [0.2, 0.25) is 0 Å². The molecule has 2 aromatic heterocycles. The first-order valence-corrected chi connectivity index (χ1v) is 12.3. The maximum absolute atomic E-state index is 6.24. The number of nitrogens with one attached hydrogen (secondary N) is 1. The van der Waals surface area contributed by atoms with Crippen molar-refractivity contribution in [2.24, 2.45) is 5.92 Å². The molecule has 2 aromatic carbocycles. The van der Waals surface area contributed by atoms with E-state index < -0.39 is 0 Å². The van der Waals surface area contributed by atoms with Gasteiger partial charge < -0.3 is 9.72 Å². The number of benzene rings is 2. The zero-order valence-electron chi connectivity index (χ0n) is 18.5. The quantitative estimate of drug-likeness (QED) is 0.256. The number of halogens is 2. The number of pyridine rings is 1. The normalized spacial score (nSPS) is 12.3. The fraction of sp³-hybridized carbons (Fsp3) is 0.231. The van der Waals surface area contributed by atoms with E-state index in [-0.39, 0.29) is 5.92 Å². The van der Waals surface area contributed by atoms with Gasteiger partial charge in [0.1, 0.15) is 17.5 Å². The van der Waals surface area contributed by atoms with Gasteiger partial charge >= 0.3 is 0 Å². The number of nitrogens with zero attached hydrogens (tertiary/aromatic N) is 2. The number of ether oxygens (including phenoxy) is 1. The predicted molar refractivity (Wildman–Crippen MR) is 135 cm³/mol. The van der Waals surface area contributed by atoms with Crippen LogP contribution < -0.4 is 0 Å². The van der Waals surface area contributed by atoms with E-state index >= 15 is 0 Å². The van der Waals surface area contributed by atoms with Gasteiger partial charge in [0.15, 0.2) is 0 Å². The SMILES string of the molecule is CC(C)C(c1ccncc1)c1[nH]c(COCc2ccccc2)nc1Sc1cc(Cl)cc(Cl)c1. The molecule has 0 aliphatic heterocycles. The molecule has 0 bridgehead atoms. The number of imidazole rings is 1. The molecule has 4 rings (SSSR count). The number of hydrogen-bond donors (Lipinski definition) is 1. The summed E-state index contributed by atoms with van der Waals surface area (Å²) in [5, 5.41) is 2.09. The summed E-state index contributed by atoms with van der Waals surface area (Å²) in [5.74, 6) is 1.25. The second-order valence-electron chi connectivity index (χ2n) is 8.09. The lowest BCUT2D eigenvalue weighted by Gasteiger charge is -2.21. The molecule has 2 heterocycles. The van der Waals surface area contributed by atoms with E-state index in [0.29, 0.717) is 29.2 Å². The summed E-state index contributed by atoms with van der Waals surface area (Å²) in [4.78, 5) is 13.6. The van der Waals surface area contributed by atoms with Crippen molar-refractivity contribution in [2.45, 2.75) is 42.9 Å². The topological polar surface area (TPSA) is 50.8 Å². The van der Waals surface area contributed by atoms with Crippen molar-refractivity contribution in [2.75, 3.05) is 0 Å². The van der Waals surface area contributed by atoms with Crippen molar-refractivity contribution in [1.29, 1.82) is 0 Å². The van der Waals surface area contributed by atoms with Crippen LogP contribution in [-0.4, -0.2) is 15.0 Å². The van der Waals surface area contributed by atoms with Crippen LogP contribution in [0, 0.1) is 5.92 Å². The molecule has 170 valence electrons. The Balaban J connectivity index is 1.64. The third-order valence-electron chi connectivity index (χ3n) is 5.19. The predicted octanol–water partition coefficient (Wildman–Crippen LogP) is 7.77. The molecule has 4 nitrogen and oxygen atoms in total. The van der Waals surface area contributed by atoms with Gasteiger partial charge in [-0.1, -0.05) is 79.1 Å². The lowest BCUT2D eigenvalue weighted by Crippen LogP contribution is -2.10. The van der Waals surface area contributed by atoms with E-state index in [1.54, 1.807) is 17.8 Å². The first kappa shape index (κ1) is 23.8. The minimum Gasteiger partial charge on any atom is -0.369 e. The summed E-state index contributed by atoms with van der Waals surface area (Å²) < 4.78 is 5.95. The van der Waals surface area contributed by atoms with Crippen LogP contribution in [0.15, 0.2) is 83.0 Å². The molecule has 0 aliphatic carbocycles. The Kier molecular flexibility index (Phi) is 8.10. The van der Waals surface area contributed by atoms with Crippen molar-refractivity contribution >= 4 is 35.0 Å². The van der Waals surface area contributed by atoms with Crippen LogP contribution in [0.25, 0.3) is 0 Å². The van der Waals surface area contributed by atoms with Gasteiger partial charge in [0, 0.05) is 33.3 Å². The highest BCUT2D eigenvalue weighted by Gasteiger charge is 2.25. The zero-order valence-corrected chi connectivity index (χ0v) is 20.8. The van der Waals surface area contributed by atoms with E-state index in [9.17, 15) is 0 Å². The van der Waals surface area contributed by atoms with Gasteiger partial charge in [-0.25, -0.2) is 4.98 Å². The molecule has 0 aliphatic rings. The van der Waals surface area contributed by atoms with E-state index in [1.807, 2.05) is 42.7 Å². The molecule has 7 heteroatoms. The number of aromatic amines is 1. The highest BCUT2D eigenvalue weighted by molar-refractivity contribution is 7.99. The first-order chi connectivity index (χ1) is 16.0. The minimum absolute atomic E-state index is 0.125. The van der Waals surface area contributed by atoms with Crippen LogP contribution in [0.5, 0.6) is 0 Å². The number of hydrogen-bond acceptors (Lipinski definition) is 4. The average molecular weight is 498 g/mol. The summed E-state index contributed by atoms with van der Waals surface area (Å²) in [5.41, 5.74) is 3.37. The smallest absolute Gasteiger partial charge is 0.133 e. The van der Waals surface area contributed by atoms with Crippen molar-refractivity contribution in [3.8, 4) is 0 Å². The number of rotatable bonds is 9. The van der Waals surface area contributed by atoms with Gasteiger partial charge in [-0.15, -0.1) is 0 Å². The Bertz CT molecular complexity index is 1160. The second kappa shape index (κ2) is 11.2. The Morgan fingerprint density at radius 2 is 1.64 bits per heavy atom. The van der Waals surface area contributed by atoms with Crippen molar-refractivity contribution < 1.29 is 4.74 Å². The van der Waals surface area contributed by atoms with Crippen LogP contribution in [0.1, 0.15) is 42.4 Å². The van der Waals surface area contributed by atoms with Crippen molar-refractivity contribution in [3.63, 3.8) is 0 Å². The maximum atomic E-state index is 6.24. The fourth-order valence-electron chi connectivity index (χ4n) is 3.77. The number of H-pyrrole nitrogens is 1. The standard InChI is InChI=1S/C26H25Cl2N3OS/c1-17(2)24(19-8-10-29-11-9-19)25-26(33-22-13-20(27)12-21(28)14-22)31-23(30-25)16-32-15-18-6-4-3-5-7-18/h3-14,17,24H,15-16H2,1-2H3,(H,30,31). The molecule has 0 spiro atoms. The Hall–Kier alpha value is -2.31. The highest BCUT2D eigenvalue weighted by Crippen LogP contribution is 2.40. The summed E-state index contributed by atoms with van der Waals surface area (Å²) in [7, 11) is 0. The lowest BCUT2D eigenvalue weighted by molar-refractivity contribution is 0.102. The Morgan fingerprint density at radius 1 is 0.939 bits per heavy atom. The molecule has 33 heavy (non-hydrogen) atoms. The van der Waals surface area contributed by atoms with Crippen molar-refractivity contribution in [1.82, 2.24) is 15.0 Å². The molecule has 1 atom stereocenters. The Morgan fingerprint density at radius 3 is 2.30 bits per heavy atom. The molecule has 4 aromatic rings.